The monoisotopic (exact) mass is 706 g/mol. The summed E-state index contributed by atoms with van der Waals surface area (Å²) in [6, 6.07) is 16.4. The summed E-state index contributed by atoms with van der Waals surface area (Å²) in [6.07, 6.45) is 9.49. The smallest absolute Gasteiger partial charge is 0.337 e. The molecule has 2 aromatic heterocycles. The van der Waals surface area contributed by atoms with Gasteiger partial charge in [-0.05, 0) is 79.1 Å². The molecule has 52 heavy (non-hydrogen) atoms. The van der Waals surface area contributed by atoms with Crippen LogP contribution in [0.3, 0.4) is 0 Å². The Bertz CT molecular complexity index is 2210. The fraction of sp³-hybridized carbons (Fsp3) is 0.333. The lowest BCUT2D eigenvalue weighted by atomic mass is 9.90. The Hall–Kier alpha value is -5.40. The molecule has 3 N–H and O–H groups in total. The molecule has 1 atom stereocenters. The van der Waals surface area contributed by atoms with E-state index < -0.39 is 28.9 Å². The molecular weight excluding hydrogens is 666 g/mol. The molecule has 3 aliphatic heterocycles. The molecular formula is C39H40F2N8O3. The van der Waals surface area contributed by atoms with Crippen LogP contribution in [-0.2, 0) is 11.2 Å². The van der Waals surface area contributed by atoms with E-state index in [0.717, 1.165) is 62.5 Å². The maximum atomic E-state index is 14.5. The number of nitrogens with one attached hydrogen (secondary N) is 3. The van der Waals surface area contributed by atoms with E-state index in [2.05, 4.69) is 50.1 Å². The predicted octanol–water partition coefficient (Wildman–Crippen LogP) is 3.85. The van der Waals surface area contributed by atoms with Crippen molar-refractivity contribution in [3.05, 3.63) is 129 Å². The van der Waals surface area contributed by atoms with Crippen LogP contribution in [0.15, 0.2) is 106 Å². The van der Waals surface area contributed by atoms with E-state index in [1.165, 1.54) is 27.0 Å². The van der Waals surface area contributed by atoms with Crippen molar-refractivity contribution in [2.45, 2.75) is 50.4 Å². The SMILES string of the molecule is O=C(NC1CCC(n2c(=O)c3cc(F)cnc3n(-c3cccc(-c4ccc(CCN5CCNCC5)cc4)c3)c2=O)CC1)C1=CN2C=C(F)C=CC2N1. The van der Waals surface area contributed by atoms with Crippen molar-refractivity contribution in [1.82, 2.24) is 39.9 Å². The molecule has 0 radical (unpaired) electrons. The third-order valence-electron chi connectivity index (χ3n) is 10.5. The molecule has 0 spiro atoms. The van der Waals surface area contributed by atoms with Crippen LogP contribution < -0.4 is 27.2 Å². The van der Waals surface area contributed by atoms with Crippen molar-refractivity contribution < 1.29 is 13.6 Å². The fourth-order valence-electron chi connectivity index (χ4n) is 7.65. The van der Waals surface area contributed by atoms with E-state index >= 15 is 0 Å². The fourth-order valence-corrected chi connectivity index (χ4v) is 7.65. The van der Waals surface area contributed by atoms with E-state index in [0.29, 0.717) is 37.1 Å². The minimum Gasteiger partial charge on any atom is -0.356 e. The number of rotatable bonds is 8. The zero-order chi connectivity index (χ0) is 35.8. The molecule has 2 fully saturated rings. The van der Waals surface area contributed by atoms with Crippen molar-refractivity contribution >= 4 is 16.9 Å². The van der Waals surface area contributed by atoms with Crippen LogP contribution in [0, 0.1) is 5.82 Å². The highest BCUT2D eigenvalue weighted by Gasteiger charge is 2.31. The van der Waals surface area contributed by atoms with E-state index in [1.54, 1.807) is 23.2 Å². The number of fused-ring (bicyclic) bond motifs is 2. The minimum absolute atomic E-state index is 0.0181. The maximum Gasteiger partial charge on any atom is 0.337 e. The largest absolute Gasteiger partial charge is 0.356 e. The first kappa shape index (κ1) is 33.7. The van der Waals surface area contributed by atoms with Gasteiger partial charge in [0.1, 0.15) is 23.5 Å². The number of carbonyl (C=O) groups is 1. The predicted molar refractivity (Wildman–Crippen MR) is 195 cm³/mol. The first-order chi connectivity index (χ1) is 25.3. The number of hydrogen-bond donors (Lipinski definition) is 3. The van der Waals surface area contributed by atoms with E-state index in [1.807, 2.05) is 18.2 Å². The Morgan fingerprint density at radius 3 is 2.52 bits per heavy atom. The number of pyridine rings is 1. The highest BCUT2D eigenvalue weighted by Crippen LogP contribution is 2.29. The van der Waals surface area contributed by atoms with Crippen molar-refractivity contribution in [2.24, 2.45) is 0 Å². The van der Waals surface area contributed by atoms with Crippen molar-refractivity contribution in [1.29, 1.82) is 0 Å². The highest BCUT2D eigenvalue weighted by atomic mass is 19.1. The van der Waals surface area contributed by atoms with Gasteiger partial charge in [-0.2, -0.15) is 0 Å². The van der Waals surface area contributed by atoms with E-state index in [9.17, 15) is 23.2 Å². The Labute approximate surface area is 298 Å². The summed E-state index contributed by atoms with van der Waals surface area (Å²) in [5.41, 5.74) is 2.93. The van der Waals surface area contributed by atoms with Crippen LogP contribution in [0.25, 0.3) is 27.8 Å². The first-order valence-electron chi connectivity index (χ1n) is 17.9. The number of hydrogen-bond acceptors (Lipinski definition) is 8. The van der Waals surface area contributed by atoms with Crippen LogP contribution in [-0.4, -0.2) is 74.8 Å². The maximum absolute atomic E-state index is 14.5. The van der Waals surface area contributed by atoms with Crippen molar-refractivity contribution in [3.8, 4) is 16.8 Å². The van der Waals surface area contributed by atoms with Gasteiger partial charge in [0.05, 0.1) is 17.3 Å². The normalized spacial score (nSPS) is 21.7. The van der Waals surface area contributed by atoms with Gasteiger partial charge in [0.25, 0.3) is 11.5 Å². The topological polar surface area (TPSA) is 117 Å². The molecule has 5 heterocycles. The van der Waals surface area contributed by atoms with Crippen LogP contribution in [0.5, 0.6) is 0 Å². The zero-order valence-corrected chi connectivity index (χ0v) is 28.6. The molecule has 8 rings (SSSR count). The highest BCUT2D eigenvalue weighted by molar-refractivity contribution is 5.93. The number of nitrogens with zero attached hydrogens (tertiary/aromatic N) is 5. The molecule has 4 aromatic rings. The van der Waals surface area contributed by atoms with Gasteiger partial charge in [0.15, 0.2) is 5.65 Å². The second-order valence-electron chi connectivity index (χ2n) is 13.8. The first-order valence-corrected chi connectivity index (χ1v) is 17.9. The summed E-state index contributed by atoms with van der Waals surface area (Å²) >= 11 is 0. The Balaban J connectivity index is 1.02. The van der Waals surface area contributed by atoms with Gasteiger partial charge >= 0.3 is 5.69 Å². The number of carbonyl (C=O) groups excluding carboxylic acids is 1. The summed E-state index contributed by atoms with van der Waals surface area (Å²) in [6.45, 7) is 5.18. The van der Waals surface area contributed by atoms with Crippen LogP contribution in [0.1, 0.15) is 37.3 Å². The standard InChI is InChI=1S/C39H40F2N8O3/c40-28-8-13-35-45-34(24-47(35)23-28)37(50)44-30-9-11-31(12-10-30)49-38(51)33-21-29(41)22-43-36(33)48(39(49)52)32-3-1-2-27(20-32)26-6-4-25(5-7-26)14-17-46-18-15-42-16-19-46/h1-8,13,20-24,30-31,35,42,45H,9-12,14-19H2,(H,44,50). The van der Waals surface area contributed by atoms with Crippen molar-refractivity contribution in [3.63, 3.8) is 0 Å². The van der Waals surface area contributed by atoms with Gasteiger partial charge in [-0.25, -0.2) is 23.1 Å². The molecule has 1 saturated heterocycles. The second-order valence-corrected chi connectivity index (χ2v) is 13.8. The third kappa shape index (κ3) is 6.81. The molecule has 1 saturated carbocycles. The Morgan fingerprint density at radius 2 is 1.73 bits per heavy atom. The minimum atomic E-state index is -0.668. The number of piperazine rings is 1. The number of allylic oxidation sites excluding steroid dienone is 2. The molecule has 268 valence electrons. The lowest BCUT2D eigenvalue weighted by molar-refractivity contribution is -0.118. The molecule has 0 bridgehead atoms. The molecule has 4 aliphatic rings. The van der Waals surface area contributed by atoms with Gasteiger partial charge in [-0.15, -0.1) is 0 Å². The summed E-state index contributed by atoms with van der Waals surface area (Å²) in [4.78, 5) is 49.5. The zero-order valence-electron chi connectivity index (χ0n) is 28.6. The summed E-state index contributed by atoms with van der Waals surface area (Å²) in [5, 5.41) is 9.52. The number of amides is 1. The quantitative estimate of drug-likeness (QED) is 0.253. The summed E-state index contributed by atoms with van der Waals surface area (Å²) in [7, 11) is 0. The number of benzene rings is 2. The van der Waals surface area contributed by atoms with Gasteiger partial charge in [-0.1, -0.05) is 36.4 Å². The number of aromatic nitrogens is 3. The van der Waals surface area contributed by atoms with Crippen molar-refractivity contribution in [2.75, 3.05) is 32.7 Å². The van der Waals surface area contributed by atoms with Gasteiger partial charge in [0.2, 0.25) is 0 Å². The second kappa shape index (κ2) is 14.3. The third-order valence-corrected chi connectivity index (χ3v) is 10.5. The summed E-state index contributed by atoms with van der Waals surface area (Å²) < 4.78 is 30.8. The lowest BCUT2D eigenvalue weighted by Gasteiger charge is -2.30. The molecule has 1 amide bonds. The van der Waals surface area contributed by atoms with Gasteiger partial charge < -0.3 is 25.8 Å². The molecule has 13 heteroatoms. The molecule has 2 aromatic carbocycles. The number of halogens is 2. The van der Waals surface area contributed by atoms with Gasteiger partial charge in [-0.3, -0.25) is 14.2 Å². The van der Waals surface area contributed by atoms with Crippen LogP contribution in [0.2, 0.25) is 0 Å². The lowest BCUT2D eigenvalue weighted by Crippen LogP contribution is -2.46. The Morgan fingerprint density at radius 1 is 0.942 bits per heavy atom. The Kier molecular flexibility index (Phi) is 9.29. The summed E-state index contributed by atoms with van der Waals surface area (Å²) in [5.74, 6) is -1.37. The van der Waals surface area contributed by atoms with Crippen LogP contribution >= 0.6 is 0 Å². The molecule has 1 unspecified atom stereocenters. The average molecular weight is 707 g/mol. The average Bonchev–Trinajstić information content (AvgIpc) is 3.59. The van der Waals surface area contributed by atoms with E-state index in [-0.39, 0.29) is 29.1 Å². The van der Waals surface area contributed by atoms with E-state index in [4.69, 9.17) is 0 Å². The molecule has 11 nitrogen and oxygen atoms in total. The molecule has 1 aliphatic carbocycles. The van der Waals surface area contributed by atoms with Gasteiger partial charge in [0, 0.05) is 57.2 Å². The van der Waals surface area contributed by atoms with Crippen LogP contribution in [0.4, 0.5) is 8.78 Å².